The molecule has 2 N–H and O–H groups in total. The predicted octanol–water partition coefficient (Wildman–Crippen LogP) is 2.53. The van der Waals surface area contributed by atoms with Crippen molar-refractivity contribution < 1.29 is 4.74 Å². The van der Waals surface area contributed by atoms with Crippen LogP contribution in [-0.2, 0) is 13.0 Å². The highest BCUT2D eigenvalue weighted by Crippen LogP contribution is 2.17. The number of nitrogens with one attached hydrogen (secondary N) is 2. The van der Waals surface area contributed by atoms with Gasteiger partial charge in [0.2, 0.25) is 0 Å². The van der Waals surface area contributed by atoms with Crippen LogP contribution in [0.4, 0.5) is 0 Å². The molecule has 1 aromatic heterocycles. The van der Waals surface area contributed by atoms with Crippen molar-refractivity contribution >= 4 is 0 Å². The number of rotatable bonds is 8. The highest BCUT2D eigenvalue weighted by atomic mass is 16.5. The zero-order valence-electron chi connectivity index (χ0n) is 11.4. The Balaban J connectivity index is 1.78. The Morgan fingerprint density at radius 2 is 2.21 bits per heavy atom. The molecule has 0 amide bonds. The first-order valence-electron chi connectivity index (χ1n) is 6.79. The summed E-state index contributed by atoms with van der Waals surface area (Å²) in [6.07, 6.45) is 5.56. The minimum absolute atomic E-state index is 0.769. The quantitative estimate of drug-likeness (QED) is 0.716. The van der Waals surface area contributed by atoms with Gasteiger partial charge in [0.1, 0.15) is 5.75 Å². The van der Waals surface area contributed by atoms with E-state index in [1.165, 1.54) is 5.56 Å². The lowest BCUT2D eigenvalue weighted by atomic mass is 10.2. The largest absolute Gasteiger partial charge is 0.493 e. The van der Waals surface area contributed by atoms with Crippen LogP contribution in [0.3, 0.4) is 0 Å². The lowest BCUT2D eigenvalue weighted by Crippen LogP contribution is -2.17. The summed E-state index contributed by atoms with van der Waals surface area (Å²) in [5.74, 6) is 0.985. The first kappa shape index (κ1) is 13.6. The number of H-pyrrole nitrogens is 1. The van der Waals surface area contributed by atoms with Crippen molar-refractivity contribution in [3.63, 3.8) is 0 Å². The maximum absolute atomic E-state index is 5.73. The van der Waals surface area contributed by atoms with E-state index >= 15 is 0 Å². The van der Waals surface area contributed by atoms with E-state index in [4.69, 9.17) is 4.74 Å². The molecule has 0 radical (unpaired) electrons. The van der Waals surface area contributed by atoms with E-state index in [-0.39, 0.29) is 0 Å². The first-order valence-corrected chi connectivity index (χ1v) is 6.79. The van der Waals surface area contributed by atoms with Gasteiger partial charge < -0.3 is 15.0 Å². The molecule has 0 bridgehead atoms. The highest BCUT2D eigenvalue weighted by molar-refractivity contribution is 5.33. The number of aromatic amines is 1. The van der Waals surface area contributed by atoms with Gasteiger partial charge in [0.25, 0.3) is 0 Å². The minimum atomic E-state index is 0.769. The van der Waals surface area contributed by atoms with Gasteiger partial charge in [0.15, 0.2) is 0 Å². The molecule has 0 aliphatic heterocycles. The van der Waals surface area contributed by atoms with Crippen LogP contribution in [0, 0.1) is 0 Å². The maximum atomic E-state index is 5.73. The fraction of sp³-hybridized carbons (Fsp3) is 0.400. The third-order valence-corrected chi connectivity index (χ3v) is 2.88. The van der Waals surface area contributed by atoms with Crippen LogP contribution >= 0.6 is 0 Å². The highest BCUT2D eigenvalue weighted by Gasteiger charge is 2.02. The summed E-state index contributed by atoms with van der Waals surface area (Å²) in [6, 6.07) is 8.19. The molecular formula is C15H21N3O. The van der Waals surface area contributed by atoms with Gasteiger partial charge in [-0.15, -0.1) is 0 Å². The Morgan fingerprint density at radius 3 is 3.00 bits per heavy atom. The molecule has 1 aromatic carbocycles. The average molecular weight is 259 g/mol. The third-order valence-electron chi connectivity index (χ3n) is 2.88. The Bertz CT molecular complexity index is 468. The molecule has 4 heteroatoms. The van der Waals surface area contributed by atoms with E-state index < -0.39 is 0 Å². The van der Waals surface area contributed by atoms with Crippen LogP contribution in [0.2, 0.25) is 0 Å². The molecule has 1 heterocycles. The normalized spacial score (nSPS) is 10.6. The second-order valence-corrected chi connectivity index (χ2v) is 4.46. The van der Waals surface area contributed by atoms with Crippen LogP contribution < -0.4 is 10.1 Å². The van der Waals surface area contributed by atoms with Gasteiger partial charge in [-0.05, 0) is 12.5 Å². The maximum Gasteiger partial charge on any atom is 0.123 e. The van der Waals surface area contributed by atoms with E-state index in [1.807, 2.05) is 24.4 Å². The first-order chi connectivity index (χ1) is 9.40. The summed E-state index contributed by atoms with van der Waals surface area (Å²) in [6.45, 7) is 4.63. The van der Waals surface area contributed by atoms with E-state index in [2.05, 4.69) is 28.3 Å². The molecule has 0 aliphatic rings. The molecule has 19 heavy (non-hydrogen) atoms. The second-order valence-electron chi connectivity index (χ2n) is 4.46. The van der Waals surface area contributed by atoms with Crippen molar-refractivity contribution in [3.8, 4) is 5.75 Å². The van der Waals surface area contributed by atoms with E-state index in [9.17, 15) is 0 Å². The number of imidazole rings is 1. The van der Waals surface area contributed by atoms with Gasteiger partial charge >= 0.3 is 0 Å². The molecule has 2 aromatic rings. The molecule has 0 saturated carbocycles. The lowest BCUT2D eigenvalue weighted by Gasteiger charge is -2.11. The number of ether oxygens (including phenoxy) is 1. The molecule has 0 spiro atoms. The third kappa shape index (κ3) is 4.41. The van der Waals surface area contributed by atoms with Crippen LogP contribution in [0.5, 0.6) is 5.75 Å². The SMILES string of the molecule is CCCOc1ccccc1CNCCc1cnc[nH]1. The Hall–Kier alpha value is -1.81. The van der Waals surface area contributed by atoms with Crippen LogP contribution in [-0.4, -0.2) is 23.1 Å². The summed E-state index contributed by atoms with van der Waals surface area (Å²) >= 11 is 0. The number of nitrogens with zero attached hydrogens (tertiary/aromatic N) is 1. The Labute approximate surface area is 114 Å². The topological polar surface area (TPSA) is 49.9 Å². The van der Waals surface area contributed by atoms with Crippen molar-refractivity contribution in [3.05, 3.63) is 48.0 Å². The molecule has 0 unspecified atom stereocenters. The zero-order chi connectivity index (χ0) is 13.3. The molecule has 0 aliphatic carbocycles. The molecule has 102 valence electrons. The van der Waals surface area contributed by atoms with Gasteiger partial charge in [-0.25, -0.2) is 4.98 Å². The van der Waals surface area contributed by atoms with Crippen LogP contribution in [0.15, 0.2) is 36.8 Å². The van der Waals surface area contributed by atoms with Gasteiger partial charge in [-0.2, -0.15) is 0 Å². The fourth-order valence-electron chi connectivity index (χ4n) is 1.87. The Morgan fingerprint density at radius 1 is 1.32 bits per heavy atom. The van der Waals surface area contributed by atoms with E-state index in [0.717, 1.165) is 44.0 Å². The number of hydrogen-bond donors (Lipinski definition) is 2. The molecule has 4 nitrogen and oxygen atoms in total. The van der Waals surface area contributed by atoms with Crippen LogP contribution in [0.25, 0.3) is 0 Å². The molecule has 0 atom stereocenters. The Kier molecular flexibility index (Phi) is 5.44. The predicted molar refractivity (Wildman–Crippen MR) is 76.2 cm³/mol. The number of hydrogen-bond acceptors (Lipinski definition) is 3. The number of benzene rings is 1. The summed E-state index contributed by atoms with van der Waals surface area (Å²) in [4.78, 5) is 7.10. The fourth-order valence-corrected chi connectivity index (χ4v) is 1.87. The smallest absolute Gasteiger partial charge is 0.123 e. The lowest BCUT2D eigenvalue weighted by molar-refractivity contribution is 0.313. The summed E-state index contributed by atoms with van der Waals surface area (Å²) in [5.41, 5.74) is 2.36. The van der Waals surface area contributed by atoms with Crippen molar-refractivity contribution in [1.82, 2.24) is 15.3 Å². The number of para-hydroxylation sites is 1. The minimum Gasteiger partial charge on any atom is -0.493 e. The van der Waals surface area contributed by atoms with E-state index in [1.54, 1.807) is 6.33 Å². The molecule has 0 fully saturated rings. The second kappa shape index (κ2) is 7.59. The molecular weight excluding hydrogens is 238 g/mol. The molecule has 2 rings (SSSR count). The monoisotopic (exact) mass is 259 g/mol. The molecule has 0 saturated heterocycles. The average Bonchev–Trinajstić information content (AvgIpc) is 2.95. The van der Waals surface area contributed by atoms with Crippen LogP contribution in [0.1, 0.15) is 24.6 Å². The summed E-state index contributed by atoms with van der Waals surface area (Å²) in [7, 11) is 0. The van der Waals surface area contributed by atoms with Crippen molar-refractivity contribution in [2.75, 3.05) is 13.2 Å². The van der Waals surface area contributed by atoms with Gasteiger partial charge in [0, 0.05) is 37.0 Å². The number of aromatic nitrogens is 2. The van der Waals surface area contributed by atoms with Crippen molar-refractivity contribution in [1.29, 1.82) is 0 Å². The van der Waals surface area contributed by atoms with Gasteiger partial charge in [0.05, 0.1) is 12.9 Å². The summed E-state index contributed by atoms with van der Waals surface area (Å²) in [5, 5.41) is 3.43. The van der Waals surface area contributed by atoms with E-state index in [0.29, 0.717) is 0 Å². The standard InChI is InChI=1S/C15H21N3O/c1-2-9-19-15-6-4-3-5-13(15)10-16-8-7-14-11-17-12-18-14/h3-6,11-12,16H,2,7-10H2,1H3,(H,17,18). The van der Waals surface area contributed by atoms with Crippen molar-refractivity contribution in [2.24, 2.45) is 0 Å². The zero-order valence-corrected chi connectivity index (χ0v) is 11.4. The van der Waals surface area contributed by atoms with Crippen molar-refractivity contribution in [2.45, 2.75) is 26.3 Å². The van der Waals surface area contributed by atoms with Gasteiger partial charge in [-0.3, -0.25) is 0 Å². The summed E-state index contributed by atoms with van der Waals surface area (Å²) < 4.78 is 5.73. The van der Waals surface area contributed by atoms with Gasteiger partial charge in [-0.1, -0.05) is 25.1 Å².